The van der Waals surface area contributed by atoms with Gasteiger partial charge < -0.3 is 10.6 Å². The molecule has 1 saturated carbocycles. The fraction of sp³-hybridized carbons (Fsp3) is 0.500. The lowest BCUT2D eigenvalue weighted by Crippen LogP contribution is -2.47. The highest BCUT2D eigenvalue weighted by atomic mass is 32.2. The van der Waals surface area contributed by atoms with Gasteiger partial charge in [0.15, 0.2) is 15.0 Å². The number of thioether (sulfide) groups is 1. The summed E-state index contributed by atoms with van der Waals surface area (Å²) in [5.41, 5.74) is 0.759. The van der Waals surface area contributed by atoms with E-state index in [1.54, 1.807) is 6.92 Å². The summed E-state index contributed by atoms with van der Waals surface area (Å²) in [5.74, 6) is 0.953. The van der Waals surface area contributed by atoms with Crippen LogP contribution in [0.25, 0.3) is 5.69 Å². The standard InChI is InChI=1S/C20H25N5O4S2/c1-13(26)21-15-4-3-5-16(10-15)25-18(14-6-7-14)23-24-19(25)30-11-17(27)22-20(2)8-9-31(28,29)12-20/h3-5,10,14H,6-9,11-12H2,1-2H3,(H,21,26)(H,22,27). The topological polar surface area (TPSA) is 123 Å². The largest absolute Gasteiger partial charge is 0.349 e. The number of nitrogens with zero attached hydrogens (tertiary/aromatic N) is 3. The molecule has 31 heavy (non-hydrogen) atoms. The normalized spacial score (nSPS) is 22.3. The van der Waals surface area contributed by atoms with Gasteiger partial charge in [0.1, 0.15) is 5.82 Å². The van der Waals surface area contributed by atoms with E-state index < -0.39 is 15.4 Å². The molecule has 1 atom stereocenters. The number of hydrogen-bond donors (Lipinski definition) is 2. The fourth-order valence-electron chi connectivity index (χ4n) is 3.76. The van der Waals surface area contributed by atoms with E-state index >= 15 is 0 Å². The number of hydrogen-bond acceptors (Lipinski definition) is 7. The van der Waals surface area contributed by atoms with Gasteiger partial charge in [0.2, 0.25) is 11.8 Å². The third-order valence-corrected chi connectivity index (χ3v) is 8.13. The van der Waals surface area contributed by atoms with Crippen molar-refractivity contribution in [2.45, 2.75) is 49.7 Å². The lowest BCUT2D eigenvalue weighted by atomic mass is 10.0. The van der Waals surface area contributed by atoms with Crippen LogP contribution in [0, 0.1) is 0 Å². The molecule has 2 aliphatic rings. The molecule has 0 bridgehead atoms. The second-order valence-corrected chi connectivity index (χ2v) is 11.5. The van der Waals surface area contributed by atoms with Gasteiger partial charge in [0.05, 0.1) is 28.5 Å². The first kappa shape index (κ1) is 21.8. The van der Waals surface area contributed by atoms with Crippen molar-refractivity contribution in [2.24, 2.45) is 0 Å². The minimum absolute atomic E-state index is 0.0334. The Balaban J connectivity index is 1.51. The predicted molar refractivity (Wildman–Crippen MR) is 118 cm³/mol. The number of aromatic nitrogens is 3. The van der Waals surface area contributed by atoms with Crippen LogP contribution in [0.5, 0.6) is 0 Å². The van der Waals surface area contributed by atoms with E-state index in [2.05, 4.69) is 20.8 Å². The molecule has 2 amide bonds. The Hall–Kier alpha value is -2.40. The number of anilines is 1. The number of nitrogens with one attached hydrogen (secondary N) is 2. The maximum atomic E-state index is 12.5. The third-order valence-electron chi connectivity index (χ3n) is 5.30. The maximum absolute atomic E-state index is 12.5. The number of rotatable bonds is 7. The van der Waals surface area contributed by atoms with Crippen molar-refractivity contribution >= 4 is 39.1 Å². The molecule has 2 aromatic rings. The molecule has 1 unspecified atom stereocenters. The Morgan fingerprint density at radius 1 is 1.29 bits per heavy atom. The average molecular weight is 464 g/mol. The Bertz CT molecular complexity index is 1130. The molecule has 1 aromatic heterocycles. The fourth-order valence-corrected chi connectivity index (χ4v) is 6.61. The highest BCUT2D eigenvalue weighted by Crippen LogP contribution is 2.41. The third kappa shape index (κ3) is 5.27. The minimum Gasteiger partial charge on any atom is -0.349 e. The summed E-state index contributed by atoms with van der Waals surface area (Å²) in [7, 11) is -3.10. The van der Waals surface area contributed by atoms with E-state index in [0.717, 1.165) is 24.4 Å². The summed E-state index contributed by atoms with van der Waals surface area (Å²) in [6, 6.07) is 7.42. The molecule has 1 saturated heterocycles. The van der Waals surface area contributed by atoms with Crippen LogP contribution in [0.3, 0.4) is 0 Å². The minimum atomic E-state index is -3.10. The summed E-state index contributed by atoms with van der Waals surface area (Å²) in [6.45, 7) is 3.22. The molecular formula is C20H25N5O4S2. The molecule has 11 heteroatoms. The molecule has 2 heterocycles. The van der Waals surface area contributed by atoms with Crippen molar-refractivity contribution < 1.29 is 18.0 Å². The number of carbonyl (C=O) groups excluding carboxylic acids is 2. The van der Waals surface area contributed by atoms with Crippen LogP contribution in [-0.4, -0.2) is 57.8 Å². The van der Waals surface area contributed by atoms with E-state index in [4.69, 9.17) is 0 Å². The van der Waals surface area contributed by atoms with E-state index in [-0.39, 0.29) is 29.1 Å². The zero-order chi connectivity index (χ0) is 22.2. The lowest BCUT2D eigenvalue weighted by Gasteiger charge is -2.23. The zero-order valence-electron chi connectivity index (χ0n) is 17.4. The number of carbonyl (C=O) groups is 2. The molecule has 0 radical (unpaired) electrons. The maximum Gasteiger partial charge on any atom is 0.230 e. The van der Waals surface area contributed by atoms with Crippen LogP contribution >= 0.6 is 11.8 Å². The van der Waals surface area contributed by atoms with E-state index in [9.17, 15) is 18.0 Å². The van der Waals surface area contributed by atoms with Gasteiger partial charge >= 0.3 is 0 Å². The number of amides is 2. The molecule has 166 valence electrons. The second-order valence-electron chi connectivity index (χ2n) is 8.42. The lowest BCUT2D eigenvalue weighted by molar-refractivity contribution is -0.120. The number of benzene rings is 1. The zero-order valence-corrected chi connectivity index (χ0v) is 19.1. The summed E-state index contributed by atoms with van der Waals surface area (Å²) >= 11 is 1.26. The van der Waals surface area contributed by atoms with E-state index in [1.165, 1.54) is 18.7 Å². The molecular weight excluding hydrogens is 438 g/mol. The van der Waals surface area contributed by atoms with Crippen molar-refractivity contribution in [3.05, 3.63) is 30.1 Å². The van der Waals surface area contributed by atoms with Crippen LogP contribution in [0.4, 0.5) is 5.69 Å². The summed E-state index contributed by atoms with van der Waals surface area (Å²) < 4.78 is 25.5. The average Bonchev–Trinajstić information content (AvgIpc) is 3.36. The van der Waals surface area contributed by atoms with Crippen molar-refractivity contribution in [1.82, 2.24) is 20.1 Å². The van der Waals surface area contributed by atoms with Crippen LogP contribution in [0.1, 0.15) is 44.9 Å². The molecule has 0 spiro atoms. The van der Waals surface area contributed by atoms with Gasteiger partial charge in [-0.05, 0) is 44.4 Å². The van der Waals surface area contributed by atoms with Crippen molar-refractivity contribution in [3.8, 4) is 5.69 Å². The highest BCUT2D eigenvalue weighted by Gasteiger charge is 2.39. The first-order chi connectivity index (χ1) is 14.6. The van der Waals surface area contributed by atoms with Crippen molar-refractivity contribution in [1.29, 1.82) is 0 Å². The van der Waals surface area contributed by atoms with Gasteiger partial charge in [-0.1, -0.05) is 17.8 Å². The van der Waals surface area contributed by atoms with Crippen LogP contribution in [0.2, 0.25) is 0 Å². The van der Waals surface area contributed by atoms with Crippen LogP contribution in [-0.2, 0) is 19.4 Å². The number of sulfone groups is 1. The van der Waals surface area contributed by atoms with Gasteiger partial charge in [-0.25, -0.2) is 8.42 Å². The Kier molecular flexibility index (Phi) is 5.82. The molecule has 1 aromatic carbocycles. The quantitative estimate of drug-likeness (QED) is 0.601. The molecule has 4 rings (SSSR count). The van der Waals surface area contributed by atoms with Gasteiger partial charge in [0, 0.05) is 18.5 Å². The van der Waals surface area contributed by atoms with Crippen molar-refractivity contribution in [2.75, 3.05) is 22.6 Å². The molecule has 1 aliphatic heterocycles. The summed E-state index contributed by atoms with van der Waals surface area (Å²) in [5, 5.41) is 14.9. The summed E-state index contributed by atoms with van der Waals surface area (Å²) in [4.78, 5) is 24.0. The molecule has 2 N–H and O–H groups in total. The van der Waals surface area contributed by atoms with E-state index in [1.807, 2.05) is 28.8 Å². The predicted octanol–water partition coefficient (Wildman–Crippen LogP) is 1.89. The van der Waals surface area contributed by atoms with Gasteiger partial charge in [-0.2, -0.15) is 0 Å². The summed E-state index contributed by atoms with van der Waals surface area (Å²) in [6.07, 6.45) is 2.51. The first-order valence-electron chi connectivity index (χ1n) is 10.1. The first-order valence-corrected chi connectivity index (χ1v) is 12.9. The molecule has 9 nitrogen and oxygen atoms in total. The smallest absolute Gasteiger partial charge is 0.230 e. The SMILES string of the molecule is CC(=O)Nc1cccc(-n2c(SCC(=O)NC3(C)CCS(=O)(=O)C3)nnc2C2CC2)c1. The highest BCUT2D eigenvalue weighted by molar-refractivity contribution is 7.99. The molecule has 2 fully saturated rings. The van der Waals surface area contributed by atoms with Gasteiger partial charge in [-0.3, -0.25) is 14.2 Å². The second kappa shape index (κ2) is 8.27. The monoisotopic (exact) mass is 463 g/mol. The van der Waals surface area contributed by atoms with Crippen LogP contribution in [0.15, 0.2) is 29.4 Å². The molecule has 1 aliphatic carbocycles. The Labute approximate surface area is 185 Å². The Morgan fingerprint density at radius 2 is 2.06 bits per heavy atom. The van der Waals surface area contributed by atoms with Gasteiger partial charge in [-0.15, -0.1) is 10.2 Å². The van der Waals surface area contributed by atoms with E-state index in [0.29, 0.717) is 23.2 Å². The Morgan fingerprint density at radius 3 is 2.71 bits per heavy atom. The van der Waals surface area contributed by atoms with Crippen LogP contribution < -0.4 is 10.6 Å². The van der Waals surface area contributed by atoms with Crippen molar-refractivity contribution in [3.63, 3.8) is 0 Å². The van der Waals surface area contributed by atoms with Gasteiger partial charge in [0.25, 0.3) is 0 Å².